The third kappa shape index (κ3) is 4.48. The van der Waals surface area contributed by atoms with Crippen molar-refractivity contribution in [3.05, 3.63) is 59.9 Å². The summed E-state index contributed by atoms with van der Waals surface area (Å²) in [5.74, 6) is 0.659. The van der Waals surface area contributed by atoms with Gasteiger partial charge in [0.15, 0.2) is 0 Å². The molecule has 0 spiro atoms. The lowest BCUT2D eigenvalue weighted by molar-refractivity contribution is 0.322. The fraction of sp³-hybridized carbons (Fsp3) is 0.400. The molecule has 3 rings (SSSR count). The first-order valence-corrected chi connectivity index (χ1v) is 8.63. The maximum atomic E-state index is 13.1. The molecular formula is C20H25FN2O. The van der Waals surface area contributed by atoms with E-state index < -0.39 is 0 Å². The Balaban J connectivity index is 1.50. The molecular weight excluding hydrogens is 303 g/mol. The van der Waals surface area contributed by atoms with E-state index in [1.807, 2.05) is 18.2 Å². The Labute approximate surface area is 143 Å². The summed E-state index contributed by atoms with van der Waals surface area (Å²) in [4.78, 5) is 2.36. The topological polar surface area (TPSA) is 24.5 Å². The Kier molecular flexibility index (Phi) is 5.70. The zero-order valence-electron chi connectivity index (χ0n) is 14.2. The van der Waals surface area contributed by atoms with E-state index in [2.05, 4.69) is 29.4 Å². The van der Waals surface area contributed by atoms with Crippen LogP contribution < -0.4 is 15.0 Å². The standard InChI is InChI=1S/C20H25FN2O/c1-23(19-9-12-22-13-10-19)18-5-7-20(8-6-18)24-14-11-16-3-2-4-17(21)15-16/h2-8,15,19,22H,9-14H2,1H3. The van der Waals surface area contributed by atoms with Crippen molar-refractivity contribution in [3.63, 3.8) is 0 Å². The van der Waals surface area contributed by atoms with E-state index in [-0.39, 0.29) is 5.82 Å². The Bertz CT molecular complexity index is 638. The Morgan fingerprint density at radius 2 is 1.88 bits per heavy atom. The molecule has 1 heterocycles. The van der Waals surface area contributed by atoms with Crippen molar-refractivity contribution in [2.75, 3.05) is 31.6 Å². The van der Waals surface area contributed by atoms with E-state index in [0.717, 1.165) is 24.4 Å². The summed E-state index contributed by atoms with van der Waals surface area (Å²) in [6.45, 7) is 2.74. The van der Waals surface area contributed by atoms with Crippen LogP contribution in [0.15, 0.2) is 48.5 Å². The van der Waals surface area contributed by atoms with Gasteiger partial charge in [-0.1, -0.05) is 12.1 Å². The molecule has 24 heavy (non-hydrogen) atoms. The first kappa shape index (κ1) is 16.8. The van der Waals surface area contributed by atoms with E-state index >= 15 is 0 Å². The van der Waals surface area contributed by atoms with Crippen LogP contribution in [0.25, 0.3) is 0 Å². The highest BCUT2D eigenvalue weighted by Crippen LogP contribution is 2.23. The van der Waals surface area contributed by atoms with Gasteiger partial charge in [-0.15, -0.1) is 0 Å². The first-order chi connectivity index (χ1) is 11.7. The maximum Gasteiger partial charge on any atom is 0.123 e. The molecule has 1 aliphatic heterocycles. The summed E-state index contributed by atoms with van der Waals surface area (Å²) < 4.78 is 18.9. The summed E-state index contributed by atoms with van der Waals surface area (Å²) >= 11 is 0. The lowest BCUT2D eigenvalue weighted by atomic mass is 10.0. The average Bonchev–Trinajstić information content (AvgIpc) is 2.63. The molecule has 2 aromatic carbocycles. The van der Waals surface area contributed by atoms with Crippen LogP contribution in [0, 0.1) is 5.82 Å². The minimum absolute atomic E-state index is 0.196. The van der Waals surface area contributed by atoms with Crippen molar-refractivity contribution >= 4 is 5.69 Å². The van der Waals surface area contributed by atoms with Gasteiger partial charge < -0.3 is 15.0 Å². The minimum atomic E-state index is -0.196. The summed E-state index contributed by atoms with van der Waals surface area (Å²) in [5, 5.41) is 3.40. The van der Waals surface area contributed by atoms with Gasteiger partial charge in [-0.05, 0) is 67.9 Å². The number of hydrogen-bond donors (Lipinski definition) is 1. The smallest absolute Gasteiger partial charge is 0.123 e. The van der Waals surface area contributed by atoms with E-state index in [0.29, 0.717) is 19.1 Å². The van der Waals surface area contributed by atoms with Gasteiger partial charge >= 0.3 is 0 Å². The lowest BCUT2D eigenvalue weighted by Gasteiger charge is -2.33. The predicted molar refractivity (Wildman–Crippen MR) is 96.3 cm³/mol. The van der Waals surface area contributed by atoms with E-state index in [1.54, 1.807) is 12.1 Å². The molecule has 0 aromatic heterocycles. The summed E-state index contributed by atoms with van der Waals surface area (Å²) in [5.41, 5.74) is 2.18. The molecule has 2 aromatic rings. The van der Waals surface area contributed by atoms with Gasteiger partial charge in [0.25, 0.3) is 0 Å². The van der Waals surface area contributed by atoms with Crippen LogP contribution in [0.2, 0.25) is 0 Å². The molecule has 1 N–H and O–H groups in total. The molecule has 1 aliphatic rings. The molecule has 0 atom stereocenters. The van der Waals surface area contributed by atoms with Gasteiger partial charge in [-0.2, -0.15) is 0 Å². The van der Waals surface area contributed by atoms with Gasteiger partial charge in [-0.3, -0.25) is 0 Å². The number of piperidine rings is 1. The number of benzene rings is 2. The monoisotopic (exact) mass is 328 g/mol. The second kappa shape index (κ2) is 8.15. The number of ether oxygens (including phenoxy) is 1. The van der Waals surface area contributed by atoms with Crippen molar-refractivity contribution in [2.45, 2.75) is 25.3 Å². The zero-order valence-corrected chi connectivity index (χ0v) is 14.2. The van der Waals surface area contributed by atoms with Crippen molar-refractivity contribution < 1.29 is 9.13 Å². The second-order valence-electron chi connectivity index (χ2n) is 6.31. The molecule has 3 nitrogen and oxygen atoms in total. The summed E-state index contributed by atoms with van der Waals surface area (Å²) in [6.07, 6.45) is 3.07. The Morgan fingerprint density at radius 3 is 2.58 bits per heavy atom. The SMILES string of the molecule is CN(c1ccc(OCCc2cccc(F)c2)cc1)C1CCNCC1. The van der Waals surface area contributed by atoms with Crippen LogP contribution in [0.3, 0.4) is 0 Å². The molecule has 4 heteroatoms. The highest BCUT2D eigenvalue weighted by molar-refractivity contribution is 5.49. The van der Waals surface area contributed by atoms with Crippen LogP contribution in [-0.4, -0.2) is 32.8 Å². The number of halogens is 1. The number of nitrogens with one attached hydrogen (secondary N) is 1. The molecule has 0 unspecified atom stereocenters. The van der Waals surface area contributed by atoms with E-state index in [1.165, 1.54) is 24.6 Å². The van der Waals surface area contributed by atoms with Gasteiger partial charge in [0, 0.05) is 25.2 Å². The number of nitrogens with zero attached hydrogens (tertiary/aromatic N) is 1. The van der Waals surface area contributed by atoms with Crippen molar-refractivity contribution in [1.82, 2.24) is 5.32 Å². The Hall–Kier alpha value is -2.07. The van der Waals surface area contributed by atoms with Gasteiger partial charge in [0.1, 0.15) is 11.6 Å². The quantitative estimate of drug-likeness (QED) is 0.876. The van der Waals surface area contributed by atoms with Crippen LogP contribution in [-0.2, 0) is 6.42 Å². The molecule has 0 aliphatic carbocycles. The van der Waals surface area contributed by atoms with Gasteiger partial charge in [0.05, 0.1) is 6.61 Å². The third-order valence-corrected chi connectivity index (χ3v) is 4.65. The first-order valence-electron chi connectivity index (χ1n) is 8.63. The van der Waals surface area contributed by atoms with E-state index in [9.17, 15) is 4.39 Å². The summed E-state index contributed by atoms with van der Waals surface area (Å²) in [6, 6.07) is 15.5. The number of anilines is 1. The Morgan fingerprint density at radius 1 is 1.12 bits per heavy atom. The van der Waals surface area contributed by atoms with Crippen LogP contribution in [0.4, 0.5) is 10.1 Å². The molecule has 0 saturated carbocycles. The van der Waals surface area contributed by atoms with Crippen LogP contribution in [0.1, 0.15) is 18.4 Å². The molecule has 0 bridgehead atoms. The fourth-order valence-corrected chi connectivity index (χ4v) is 3.16. The van der Waals surface area contributed by atoms with Gasteiger partial charge in [0.2, 0.25) is 0 Å². The van der Waals surface area contributed by atoms with E-state index in [4.69, 9.17) is 4.74 Å². The van der Waals surface area contributed by atoms with Crippen molar-refractivity contribution in [2.24, 2.45) is 0 Å². The molecule has 0 amide bonds. The number of hydrogen-bond acceptors (Lipinski definition) is 3. The highest BCUT2D eigenvalue weighted by atomic mass is 19.1. The third-order valence-electron chi connectivity index (χ3n) is 4.65. The lowest BCUT2D eigenvalue weighted by Crippen LogP contribution is -2.41. The minimum Gasteiger partial charge on any atom is -0.493 e. The van der Waals surface area contributed by atoms with Crippen molar-refractivity contribution in [1.29, 1.82) is 0 Å². The normalized spacial score (nSPS) is 15.2. The molecule has 128 valence electrons. The van der Waals surface area contributed by atoms with Crippen LogP contribution >= 0.6 is 0 Å². The molecule has 1 saturated heterocycles. The van der Waals surface area contributed by atoms with Crippen molar-refractivity contribution in [3.8, 4) is 5.75 Å². The second-order valence-corrected chi connectivity index (χ2v) is 6.31. The largest absolute Gasteiger partial charge is 0.493 e. The average molecular weight is 328 g/mol. The highest BCUT2D eigenvalue weighted by Gasteiger charge is 2.17. The molecule has 0 radical (unpaired) electrons. The fourth-order valence-electron chi connectivity index (χ4n) is 3.16. The number of rotatable bonds is 6. The maximum absolute atomic E-state index is 13.1. The van der Waals surface area contributed by atoms with Gasteiger partial charge in [-0.25, -0.2) is 4.39 Å². The summed E-state index contributed by atoms with van der Waals surface area (Å²) in [7, 11) is 2.16. The zero-order chi connectivity index (χ0) is 16.8. The van der Waals surface area contributed by atoms with Crippen LogP contribution in [0.5, 0.6) is 5.75 Å². The molecule has 1 fully saturated rings. The predicted octanol–water partition coefficient (Wildman–Crippen LogP) is 3.64.